The lowest BCUT2D eigenvalue weighted by atomic mass is 10.0. The number of carboxylic acids is 1. The van der Waals surface area contributed by atoms with Crippen LogP contribution in [0.5, 0.6) is 0 Å². The monoisotopic (exact) mass is 280 g/mol. The molecule has 0 aliphatic carbocycles. The van der Waals surface area contributed by atoms with Crippen LogP contribution in [-0.2, 0) is 17.4 Å². The highest BCUT2D eigenvalue weighted by molar-refractivity contribution is 5.71. The number of halogens is 5. The van der Waals surface area contributed by atoms with E-state index in [0.717, 1.165) is 0 Å². The molecule has 0 saturated heterocycles. The number of hydrogen-bond donors (Lipinski definition) is 1. The molecule has 102 valence electrons. The second-order valence-corrected chi connectivity index (χ2v) is 3.40. The average Bonchev–Trinajstić information content (AvgIpc) is 2.26. The van der Waals surface area contributed by atoms with Gasteiger partial charge in [-0.2, -0.15) is 18.4 Å². The number of aromatic nitrogens is 1. The summed E-state index contributed by atoms with van der Waals surface area (Å²) in [5.74, 6) is -1.71. The Morgan fingerprint density at radius 2 is 2.05 bits per heavy atom. The van der Waals surface area contributed by atoms with E-state index in [1.165, 1.54) is 6.07 Å². The van der Waals surface area contributed by atoms with E-state index in [2.05, 4.69) is 4.98 Å². The van der Waals surface area contributed by atoms with Crippen molar-refractivity contribution in [1.29, 1.82) is 5.26 Å². The molecule has 0 saturated carbocycles. The second kappa shape index (κ2) is 5.17. The summed E-state index contributed by atoms with van der Waals surface area (Å²) in [7, 11) is 0. The van der Waals surface area contributed by atoms with Crippen LogP contribution in [0, 0.1) is 11.3 Å². The van der Waals surface area contributed by atoms with Gasteiger partial charge in [-0.3, -0.25) is 4.79 Å². The van der Waals surface area contributed by atoms with Crippen LogP contribution < -0.4 is 0 Å². The normalized spacial score (nSPS) is 11.4. The molecule has 1 aromatic heterocycles. The van der Waals surface area contributed by atoms with Crippen LogP contribution in [0.4, 0.5) is 22.0 Å². The van der Waals surface area contributed by atoms with Crippen molar-refractivity contribution in [2.45, 2.75) is 19.0 Å². The minimum absolute atomic E-state index is 0.254. The zero-order valence-corrected chi connectivity index (χ0v) is 9.00. The third-order valence-corrected chi connectivity index (χ3v) is 2.11. The summed E-state index contributed by atoms with van der Waals surface area (Å²) in [5.41, 5.74) is -4.91. The van der Waals surface area contributed by atoms with Crippen LogP contribution in [0.15, 0.2) is 6.07 Å². The Balaban J connectivity index is 3.62. The summed E-state index contributed by atoms with van der Waals surface area (Å²) >= 11 is 0. The number of rotatable bonds is 3. The van der Waals surface area contributed by atoms with Gasteiger partial charge in [-0.1, -0.05) is 0 Å². The molecule has 0 spiro atoms. The van der Waals surface area contributed by atoms with Crippen LogP contribution in [0.1, 0.15) is 28.9 Å². The fraction of sp³-hybridized carbons (Fsp3) is 0.300. The number of hydrogen-bond acceptors (Lipinski definition) is 3. The SMILES string of the molecule is N#Cc1cc(C(F)(F)F)c(CC(=O)O)c(C(F)F)n1. The van der Waals surface area contributed by atoms with Gasteiger partial charge in [0.15, 0.2) is 0 Å². The smallest absolute Gasteiger partial charge is 0.416 e. The van der Waals surface area contributed by atoms with Gasteiger partial charge in [-0.15, -0.1) is 0 Å². The Morgan fingerprint density at radius 1 is 1.47 bits per heavy atom. The van der Waals surface area contributed by atoms with Gasteiger partial charge >= 0.3 is 12.1 Å². The number of aliphatic carboxylic acids is 1. The maximum absolute atomic E-state index is 12.7. The van der Waals surface area contributed by atoms with Crippen LogP contribution in [0.3, 0.4) is 0 Å². The average molecular weight is 280 g/mol. The van der Waals surface area contributed by atoms with Gasteiger partial charge in [0.1, 0.15) is 17.5 Å². The van der Waals surface area contributed by atoms with E-state index in [-0.39, 0.29) is 6.07 Å². The van der Waals surface area contributed by atoms with E-state index in [4.69, 9.17) is 10.4 Å². The molecule has 1 aromatic rings. The predicted molar refractivity (Wildman–Crippen MR) is 50.3 cm³/mol. The molecular weight excluding hydrogens is 275 g/mol. The molecule has 0 bridgehead atoms. The number of carboxylic acid groups (broad SMARTS) is 1. The van der Waals surface area contributed by atoms with Crippen molar-refractivity contribution in [3.05, 3.63) is 28.6 Å². The summed E-state index contributed by atoms with van der Waals surface area (Å²) in [6.45, 7) is 0. The molecule has 1 heterocycles. The van der Waals surface area contributed by atoms with Crippen molar-refractivity contribution >= 4 is 5.97 Å². The first kappa shape index (κ1) is 14.8. The molecule has 0 unspecified atom stereocenters. The van der Waals surface area contributed by atoms with Crippen molar-refractivity contribution in [3.8, 4) is 6.07 Å². The van der Waals surface area contributed by atoms with Gasteiger partial charge in [0, 0.05) is 5.56 Å². The molecule has 9 heteroatoms. The van der Waals surface area contributed by atoms with Crippen molar-refractivity contribution in [2.24, 2.45) is 0 Å². The lowest BCUT2D eigenvalue weighted by Crippen LogP contribution is -2.17. The van der Waals surface area contributed by atoms with Gasteiger partial charge in [0.05, 0.1) is 12.0 Å². The lowest BCUT2D eigenvalue weighted by Gasteiger charge is -2.15. The topological polar surface area (TPSA) is 74.0 Å². The summed E-state index contributed by atoms with van der Waals surface area (Å²) in [4.78, 5) is 13.5. The van der Waals surface area contributed by atoms with Crippen molar-refractivity contribution in [2.75, 3.05) is 0 Å². The highest BCUT2D eigenvalue weighted by atomic mass is 19.4. The number of carbonyl (C=O) groups is 1. The Morgan fingerprint density at radius 3 is 2.42 bits per heavy atom. The summed E-state index contributed by atoms with van der Waals surface area (Å²) in [5, 5.41) is 17.0. The first-order valence-electron chi connectivity index (χ1n) is 4.68. The van der Waals surface area contributed by atoms with Gasteiger partial charge in [-0.05, 0) is 6.07 Å². The first-order valence-corrected chi connectivity index (χ1v) is 4.68. The van der Waals surface area contributed by atoms with Crippen LogP contribution in [-0.4, -0.2) is 16.1 Å². The van der Waals surface area contributed by atoms with Crippen molar-refractivity contribution in [1.82, 2.24) is 4.98 Å². The number of nitrogens with zero attached hydrogens (tertiary/aromatic N) is 2. The van der Waals surface area contributed by atoms with E-state index >= 15 is 0 Å². The van der Waals surface area contributed by atoms with Gasteiger partial charge < -0.3 is 5.11 Å². The molecule has 19 heavy (non-hydrogen) atoms. The van der Waals surface area contributed by atoms with Gasteiger partial charge in [0.2, 0.25) is 0 Å². The Bertz CT molecular complexity index is 548. The van der Waals surface area contributed by atoms with Crippen LogP contribution in [0.25, 0.3) is 0 Å². The molecule has 4 nitrogen and oxygen atoms in total. The molecule has 0 aliphatic rings. The molecule has 1 rings (SSSR count). The summed E-state index contributed by atoms with van der Waals surface area (Å²) < 4.78 is 63.3. The third kappa shape index (κ3) is 3.37. The van der Waals surface area contributed by atoms with Crippen molar-refractivity contribution in [3.63, 3.8) is 0 Å². The largest absolute Gasteiger partial charge is 0.481 e. The molecule has 0 fully saturated rings. The van der Waals surface area contributed by atoms with E-state index in [1.54, 1.807) is 0 Å². The third-order valence-electron chi connectivity index (χ3n) is 2.11. The highest BCUT2D eigenvalue weighted by Gasteiger charge is 2.37. The molecule has 0 aliphatic heterocycles. The van der Waals surface area contributed by atoms with Gasteiger partial charge in [0.25, 0.3) is 6.43 Å². The molecule has 0 atom stereocenters. The zero-order valence-electron chi connectivity index (χ0n) is 9.00. The van der Waals surface area contributed by atoms with E-state index in [1.807, 2.05) is 0 Å². The van der Waals surface area contributed by atoms with E-state index < -0.39 is 47.5 Å². The van der Waals surface area contributed by atoms with Crippen LogP contribution in [0.2, 0.25) is 0 Å². The number of pyridine rings is 1. The predicted octanol–water partition coefficient (Wildman–Crippen LogP) is 2.54. The van der Waals surface area contributed by atoms with Crippen molar-refractivity contribution < 1.29 is 31.9 Å². The van der Waals surface area contributed by atoms with Crippen LogP contribution >= 0.6 is 0 Å². The minimum Gasteiger partial charge on any atom is -0.481 e. The second-order valence-electron chi connectivity index (χ2n) is 3.40. The Labute approximate surface area is 103 Å². The molecule has 0 radical (unpaired) electrons. The lowest BCUT2D eigenvalue weighted by molar-refractivity contribution is -0.140. The Kier molecular flexibility index (Phi) is 4.04. The summed E-state index contributed by atoms with van der Waals surface area (Å²) in [6.07, 6.45) is -9.72. The molecular formula is C10H5F5N2O2. The first-order chi connectivity index (χ1) is 8.66. The summed E-state index contributed by atoms with van der Waals surface area (Å²) in [6, 6.07) is 1.48. The molecule has 0 amide bonds. The van der Waals surface area contributed by atoms with E-state index in [9.17, 15) is 26.7 Å². The maximum Gasteiger partial charge on any atom is 0.416 e. The number of nitriles is 1. The quantitative estimate of drug-likeness (QED) is 0.863. The zero-order chi connectivity index (χ0) is 14.8. The van der Waals surface area contributed by atoms with Gasteiger partial charge in [-0.25, -0.2) is 13.8 Å². The minimum atomic E-state index is -5.05. The fourth-order valence-electron chi connectivity index (χ4n) is 1.42. The fourth-order valence-corrected chi connectivity index (χ4v) is 1.42. The van der Waals surface area contributed by atoms with E-state index in [0.29, 0.717) is 0 Å². The highest BCUT2D eigenvalue weighted by Crippen LogP contribution is 2.36. The molecule has 1 N–H and O–H groups in total. The number of alkyl halides is 5. The Hall–Kier alpha value is -2.24. The standard InChI is InChI=1S/C10H5F5N2O2/c11-9(12)8-5(2-7(18)19)6(10(13,14)15)1-4(3-16)17-8/h1,9H,2H2,(H,18,19). The molecule has 0 aromatic carbocycles. The maximum atomic E-state index is 12.7.